The summed E-state index contributed by atoms with van der Waals surface area (Å²) in [6.45, 7) is 8.64. The Hall–Kier alpha value is -2.81. The Labute approximate surface area is 288 Å². The van der Waals surface area contributed by atoms with Gasteiger partial charge in [0.2, 0.25) is 11.8 Å². The zero-order valence-corrected chi connectivity index (χ0v) is 29.2. The highest BCUT2D eigenvalue weighted by molar-refractivity contribution is 6.30. The lowest BCUT2D eigenvalue weighted by Gasteiger charge is -2.59. The predicted octanol–water partition coefficient (Wildman–Crippen LogP) is 7.16. The van der Waals surface area contributed by atoms with Crippen molar-refractivity contribution in [3.05, 3.63) is 69.7 Å². The van der Waals surface area contributed by atoms with E-state index in [9.17, 15) is 14.4 Å². The standard InChI is InChI=1S/C21H27ClN2O3.C16H19ClN2O/c1-20(2,3)27-19(26)23-12-10-21(11-13-23)17(14-4-6-15(22)7-5-14)24(18(21)25)16-8-9-16;17-12-3-1-11(2-4-12)14-16(7-9-18-10-8-16)15(20)19(14)13-5-6-13/h4-7,16-17H,8-13H2,1-3H3;1-4,13-14,18H,5-10H2. The Balaban J connectivity index is 0.000000156. The van der Waals surface area contributed by atoms with Crippen LogP contribution in [0.15, 0.2) is 48.5 Å². The van der Waals surface area contributed by atoms with Crippen molar-refractivity contribution < 1.29 is 19.1 Å². The van der Waals surface area contributed by atoms with E-state index in [1.807, 2.05) is 57.2 Å². The predicted molar refractivity (Wildman–Crippen MR) is 182 cm³/mol. The first kappa shape index (κ1) is 32.7. The van der Waals surface area contributed by atoms with Gasteiger partial charge in [-0.15, -0.1) is 0 Å². The number of hydrogen-bond acceptors (Lipinski definition) is 5. The maximum Gasteiger partial charge on any atom is 0.410 e. The second-order valence-electron chi connectivity index (χ2n) is 15.3. The van der Waals surface area contributed by atoms with Crippen molar-refractivity contribution in [3.63, 3.8) is 0 Å². The van der Waals surface area contributed by atoms with Crippen LogP contribution < -0.4 is 5.32 Å². The lowest BCUT2D eigenvalue weighted by molar-refractivity contribution is -0.181. The number of likely N-dealkylation sites (tertiary alicyclic amines) is 3. The molecule has 8 nitrogen and oxygen atoms in total. The van der Waals surface area contributed by atoms with Crippen LogP contribution in [0.1, 0.15) is 95.3 Å². The van der Waals surface area contributed by atoms with Gasteiger partial charge in [0.1, 0.15) is 5.60 Å². The van der Waals surface area contributed by atoms with E-state index in [0.717, 1.165) is 49.4 Å². The number of nitrogens with zero attached hydrogens (tertiary/aromatic N) is 3. The fourth-order valence-electron chi connectivity index (χ4n) is 8.35. The monoisotopic (exact) mass is 680 g/mol. The Bertz CT molecular complexity index is 1500. The SMILES string of the molecule is CC(C)(C)OC(=O)N1CCC2(CC1)C(=O)N(C1CC1)C2c1ccc(Cl)cc1.O=C1N(C2CC2)C(c2ccc(Cl)cc2)C12CCNCC2. The number of nitrogens with one attached hydrogen (secondary N) is 1. The van der Waals surface area contributed by atoms with E-state index in [0.29, 0.717) is 48.9 Å². The van der Waals surface area contributed by atoms with Crippen LogP contribution in [-0.2, 0) is 14.3 Å². The number of rotatable bonds is 4. The molecule has 2 saturated carbocycles. The van der Waals surface area contributed by atoms with Gasteiger partial charge >= 0.3 is 6.09 Å². The minimum absolute atomic E-state index is 0.0931. The van der Waals surface area contributed by atoms with Crippen LogP contribution in [0.25, 0.3) is 0 Å². The van der Waals surface area contributed by atoms with Gasteiger partial charge in [0.05, 0.1) is 22.9 Å². The highest BCUT2D eigenvalue weighted by Gasteiger charge is 2.65. The van der Waals surface area contributed by atoms with Crippen molar-refractivity contribution in [1.29, 1.82) is 0 Å². The molecule has 2 spiro atoms. The van der Waals surface area contributed by atoms with Crippen molar-refractivity contribution in [3.8, 4) is 0 Å². The highest BCUT2D eigenvalue weighted by atomic mass is 35.5. The third-order valence-corrected chi connectivity index (χ3v) is 11.5. The van der Waals surface area contributed by atoms with Gasteiger partial charge in [-0.1, -0.05) is 47.5 Å². The van der Waals surface area contributed by atoms with Crippen molar-refractivity contribution >= 4 is 41.1 Å². The Morgan fingerprint density at radius 3 is 1.51 bits per heavy atom. The molecule has 4 saturated heterocycles. The fourth-order valence-corrected chi connectivity index (χ4v) is 8.61. The first-order valence-electron chi connectivity index (χ1n) is 17.3. The summed E-state index contributed by atoms with van der Waals surface area (Å²) in [6.07, 6.45) is 7.53. The molecule has 252 valence electrons. The Morgan fingerprint density at radius 1 is 0.723 bits per heavy atom. The Morgan fingerprint density at radius 2 is 1.13 bits per heavy atom. The molecule has 0 bridgehead atoms. The van der Waals surface area contributed by atoms with Gasteiger partial charge in [0.15, 0.2) is 0 Å². The van der Waals surface area contributed by atoms with E-state index in [4.69, 9.17) is 27.9 Å². The molecular formula is C37H46Cl2N4O4. The van der Waals surface area contributed by atoms with Gasteiger partial charge < -0.3 is 24.8 Å². The van der Waals surface area contributed by atoms with Gasteiger partial charge in [-0.05, 0) is 121 Å². The lowest BCUT2D eigenvalue weighted by atomic mass is 9.62. The third-order valence-electron chi connectivity index (χ3n) is 11.0. The summed E-state index contributed by atoms with van der Waals surface area (Å²) < 4.78 is 5.49. The minimum Gasteiger partial charge on any atom is -0.444 e. The molecule has 4 heterocycles. The van der Waals surface area contributed by atoms with Gasteiger partial charge in [0, 0.05) is 35.2 Å². The molecule has 10 heteroatoms. The number of piperidine rings is 2. The van der Waals surface area contributed by atoms with Crippen LogP contribution in [0.4, 0.5) is 4.79 Å². The zero-order valence-electron chi connectivity index (χ0n) is 27.6. The fraction of sp³-hybridized carbons (Fsp3) is 0.595. The number of amides is 3. The van der Waals surface area contributed by atoms with Crippen LogP contribution in [0.2, 0.25) is 10.0 Å². The van der Waals surface area contributed by atoms with Crippen LogP contribution in [0, 0.1) is 10.8 Å². The van der Waals surface area contributed by atoms with E-state index in [1.165, 1.54) is 18.4 Å². The molecule has 4 aliphatic heterocycles. The summed E-state index contributed by atoms with van der Waals surface area (Å²) >= 11 is 12.1. The molecule has 6 fully saturated rings. The van der Waals surface area contributed by atoms with Gasteiger partial charge in [-0.3, -0.25) is 9.59 Å². The number of benzene rings is 2. The number of carbonyl (C=O) groups is 3. The van der Waals surface area contributed by atoms with E-state index in [-0.39, 0.29) is 29.5 Å². The number of β-lactam (4-membered cyclic amide) rings is 2. The average Bonchev–Trinajstić information content (AvgIpc) is 3.99. The second-order valence-corrected chi connectivity index (χ2v) is 16.2. The topological polar surface area (TPSA) is 82.2 Å². The summed E-state index contributed by atoms with van der Waals surface area (Å²) in [4.78, 5) is 44.2. The van der Waals surface area contributed by atoms with Gasteiger partial charge in [-0.25, -0.2) is 4.79 Å². The highest BCUT2D eigenvalue weighted by Crippen LogP contribution is 2.60. The van der Waals surface area contributed by atoms with Gasteiger partial charge in [-0.2, -0.15) is 0 Å². The minimum atomic E-state index is -0.507. The maximum atomic E-state index is 13.1. The summed E-state index contributed by atoms with van der Waals surface area (Å²) in [7, 11) is 0. The van der Waals surface area contributed by atoms with Crippen LogP contribution in [0.3, 0.4) is 0 Å². The molecule has 8 rings (SSSR count). The zero-order chi connectivity index (χ0) is 33.1. The van der Waals surface area contributed by atoms with Crippen LogP contribution in [-0.4, -0.2) is 76.5 Å². The number of ether oxygens (including phenoxy) is 1. The third kappa shape index (κ3) is 6.04. The van der Waals surface area contributed by atoms with Crippen LogP contribution in [0.5, 0.6) is 0 Å². The summed E-state index contributed by atoms with van der Waals surface area (Å²) in [5.74, 6) is 0.648. The van der Waals surface area contributed by atoms with Crippen molar-refractivity contribution in [1.82, 2.24) is 20.0 Å². The summed E-state index contributed by atoms with van der Waals surface area (Å²) in [5, 5.41) is 4.84. The number of hydrogen-bond donors (Lipinski definition) is 1. The van der Waals surface area contributed by atoms with Gasteiger partial charge in [0.25, 0.3) is 0 Å². The molecule has 2 aromatic rings. The first-order valence-corrected chi connectivity index (χ1v) is 18.0. The molecule has 2 aliphatic carbocycles. The lowest BCUT2D eigenvalue weighted by Crippen LogP contribution is -2.67. The maximum absolute atomic E-state index is 13.1. The van der Waals surface area contributed by atoms with Crippen molar-refractivity contribution in [2.24, 2.45) is 10.8 Å². The molecule has 2 aromatic carbocycles. The second kappa shape index (κ2) is 12.3. The normalized spacial score (nSPS) is 26.4. The van der Waals surface area contributed by atoms with Crippen LogP contribution >= 0.6 is 23.2 Å². The van der Waals surface area contributed by atoms with E-state index in [1.54, 1.807) is 4.90 Å². The largest absolute Gasteiger partial charge is 0.444 e. The molecule has 0 radical (unpaired) electrons. The summed E-state index contributed by atoms with van der Waals surface area (Å²) in [5.41, 5.74) is 1.35. The average molecular weight is 682 g/mol. The quantitative estimate of drug-likeness (QED) is 0.347. The number of halogens is 2. The molecule has 47 heavy (non-hydrogen) atoms. The first-order chi connectivity index (χ1) is 22.4. The smallest absolute Gasteiger partial charge is 0.410 e. The molecule has 2 atom stereocenters. The van der Waals surface area contributed by atoms with Crippen molar-refractivity contribution in [2.45, 2.75) is 102 Å². The molecular weight excluding hydrogens is 635 g/mol. The molecule has 2 unspecified atom stereocenters. The van der Waals surface area contributed by atoms with Crippen molar-refractivity contribution in [2.75, 3.05) is 26.2 Å². The van der Waals surface area contributed by atoms with E-state index in [2.05, 4.69) is 27.2 Å². The molecule has 6 aliphatic rings. The van der Waals surface area contributed by atoms with E-state index < -0.39 is 11.0 Å². The Kier molecular flexibility index (Phi) is 8.54. The van der Waals surface area contributed by atoms with E-state index >= 15 is 0 Å². The molecule has 0 aromatic heterocycles. The molecule has 1 N–H and O–H groups in total. The number of carbonyl (C=O) groups excluding carboxylic acids is 3. The molecule has 3 amide bonds. The summed E-state index contributed by atoms with van der Waals surface area (Å²) in [6, 6.07) is 17.2.